The predicted molar refractivity (Wildman–Crippen MR) is 82.3 cm³/mol. The summed E-state index contributed by atoms with van der Waals surface area (Å²) in [6.07, 6.45) is 1.55. The van der Waals surface area contributed by atoms with Gasteiger partial charge in [-0.05, 0) is 34.1 Å². The summed E-state index contributed by atoms with van der Waals surface area (Å²) in [5.74, 6) is -0.166. The van der Waals surface area contributed by atoms with Gasteiger partial charge in [0.05, 0.1) is 0 Å². The molecule has 0 bridgehead atoms. The van der Waals surface area contributed by atoms with E-state index in [9.17, 15) is 4.39 Å². The molecule has 0 aliphatic heterocycles. The Kier molecular flexibility index (Phi) is 4.11. The first-order chi connectivity index (χ1) is 8.99. The van der Waals surface area contributed by atoms with Gasteiger partial charge in [0.25, 0.3) is 0 Å². The van der Waals surface area contributed by atoms with Crippen molar-refractivity contribution in [1.29, 1.82) is 0 Å². The van der Waals surface area contributed by atoms with E-state index in [1.165, 1.54) is 6.07 Å². The fourth-order valence-electron chi connectivity index (χ4n) is 1.64. The minimum absolute atomic E-state index is 0.239. The van der Waals surface area contributed by atoms with Gasteiger partial charge in [-0.3, -0.25) is 0 Å². The van der Waals surface area contributed by atoms with E-state index in [0.717, 1.165) is 11.3 Å². The molecule has 6 heteroatoms. The van der Waals surface area contributed by atoms with Crippen LogP contribution in [-0.2, 0) is 0 Å². The smallest absolute Gasteiger partial charge is 0.169 e. The van der Waals surface area contributed by atoms with Crippen molar-refractivity contribution < 1.29 is 4.39 Å². The second kappa shape index (κ2) is 5.63. The Balaban J connectivity index is 2.41. The molecule has 0 aliphatic carbocycles. The van der Waals surface area contributed by atoms with Gasteiger partial charge in [0.1, 0.15) is 4.99 Å². The van der Waals surface area contributed by atoms with Gasteiger partial charge in [0, 0.05) is 29.0 Å². The molecule has 2 rings (SSSR count). The van der Waals surface area contributed by atoms with Gasteiger partial charge in [-0.25, -0.2) is 9.37 Å². The fourth-order valence-corrected chi connectivity index (χ4v) is 2.07. The summed E-state index contributed by atoms with van der Waals surface area (Å²) in [4.78, 5) is 6.02. The van der Waals surface area contributed by atoms with Crippen LogP contribution in [0.2, 0.25) is 0 Å². The molecule has 1 aromatic heterocycles. The first-order valence-corrected chi connectivity index (χ1v) is 6.64. The number of pyridine rings is 1. The van der Waals surface area contributed by atoms with Crippen molar-refractivity contribution in [1.82, 2.24) is 4.98 Å². The van der Waals surface area contributed by atoms with E-state index in [0.29, 0.717) is 9.46 Å². The first kappa shape index (κ1) is 13.9. The number of benzene rings is 1. The molecule has 98 valence electrons. The molecule has 0 aliphatic rings. The molecule has 0 atom stereocenters. The standard InChI is InChI=1S/C13H11BrFN3S/c1-18(13-11(15)6-9(14)7-17-13)10-4-2-3-8(5-10)12(16)19/h2-7H,1H3,(H2,16,19). The van der Waals surface area contributed by atoms with E-state index >= 15 is 0 Å². The molecule has 0 spiro atoms. The van der Waals surface area contributed by atoms with Crippen molar-refractivity contribution in [3.05, 3.63) is 52.4 Å². The molecular weight excluding hydrogens is 329 g/mol. The quantitative estimate of drug-likeness (QED) is 0.870. The van der Waals surface area contributed by atoms with Crippen molar-refractivity contribution in [2.45, 2.75) is 0 Å². The summed E-state index contributed by atoms with van der Waals surface area (Å²) in [7, 11) is 1.73. The van der Waals surface area contributed by atoms with E-state index in [-0.39, 0.29) is 5.82 Å². The van der Waals surface area contributed by atoms with Crippen molar-refractivity contribution in [2.24, 2.45) is 5.73 Å². The zero-order valence-electron chi connectivity index (χ0n) is 10.1. The third-order valence-electron chi connectivity index (χ3n) is 2.62. The van der Waals surface area contributed by atoms with Crippen LogP contribution in [0.15, 0.2) is 41.0 Å². The second-order valence-corrected chi connectivity index (χ2v) is 5.29. The summed E-state index contributed by atoms with van der Waals surface area (Å²) in [5.41, 5.74) is 7.08. The number of anilines is 2. The lowest BCUT2D eigenvalue weighted by atomic mass is 10.2. The largest absolute Gasteiger partial charge is 0.389 e. The molecule has 2 N–H and O–H groups in total. The maximum atomic E-state index is 13.9. The minimum atomic E-state index is -0.405. The van der Waals surface area contributed by atoms with Crippen LogP contribution in [0.1, 0.15) is 5.56 Å². The van der Waals surface area contributed by atoms with Crippen LogP contribution in [0, 0.1) is 5.82 Å². The van der Waals surface area contributed by atoms with Crippen molar-refractivity contribution in [3.8, 4) is 0 Å². The number of rotatable bonds is 3. The number of hydrogen-bond acceptors (Lipinski definition) is 3. The molecule has 0 saturated carbocycles. The van der Waals surface area contributed by atoms with Gasteiger partial charge in [0.2, 0.25) is 0 Å². The number of hydrogen-bond donors (Lipinski definition) is 1. The molecule has 0 saturated heterocycles. The molecule has 0 amide bonds. The average Bonchev–Trinajstić information content (AvgIpc) is 2.38. The normalized spacial score (nSPS) is 10.3. The van der Waals surface area contributed by atoms with Gasteiger partial charge in [0.15, 0.2) is 11.6 Å². The van der Waals surface area contributed by atoms with Crippen LogP contribution in [0.5, 0.6) is 0 Å². The Morgan fingerprint density at radius 3 is 2.79 bits per heavy atom. The highest BCUT2D eigenvalue weighted by atomic mass is 79.9. The average molecular weight is 340 g/mol. The first-order valence-electron chi connectivity index (χ1n) is 5.43. The number of aromatic nitrogens is 1. The highest BCUT2D eigenvalue weighted by Gasteiger charge is 2.12. The van der Waals surface area contributed by atoms with Crippen molar-refractivity contribution in [3.63, 3.8) is 0 Å². The molecular formula is C13H11BrFN3S. The van der Waals surface area contributed by atoms with Crippen LogP contribution in [0.3, 0.4) is 0 Å². The van der Waals surface area contributed by atoms with Gasteiger partial charge in [-0.2, -0.15) is 0 Å². The van der Waals surface area contributed by atoms with Crippen LogP contribution in [-0.4, -0.2) is 17.0 Å². The maximum Gasteiger partial charge on any atom is 0.169 e. The Morgan fingerprint density at radius 1 is 1.42 bits per heavy atom. The SMILES string of the molecule is CN(c1cccc(C(N)=S)c1)c1ncc(Br)cc1F. The van der Waals surface area contributed by atoms with E-state index in [1.807, 2.05) is 18.2 Å². The number of halogens is 2. The summed E-state index contributed by atoms with van der Waals surface area (Å²) in [6, 6.07) is 8.63. The zero-order valence-corrected chi connectivity index (χ0v) is 12.5. The molecule has 0 radical (unpaired) electrons. The predicted octanol–water partition coefficient (Wildman–Crippen LogP) is 3.39. The van der Waals surface area contributed by atoms with Gasteiger partial charge < -0.3 is 10.6 Å². The highest BCUT2D eigenvalue weighted by molar-refractivity contribution is 9.10. The summed E-state index contributed by atoms with van der Waals surface area (Å²) >= 11 is 8.11. The third kappa shape index (κ3) is 3.08. The second-order valence-electron chi connectivity index (χ2n) is 3.93. The van der Waals surface area contributed by atoms with Gasteiger partial charge in [-0.1, -0.05) is 24.4 Å². The highest BCUT2D eigenvalue weighted by Crippen LogP contribution is 2.26. The monoisotopic (exact) mass is 339 g/mol. The van der Waals surface area contributed by atoms with Crippen LogP contribution in [0.4, 0.5) is 15.9 Å². The summed E-state index contributed by atoms with van der Waals surface area (Å²) in [5, 5.41) is 0. The molecule has 3 nitrogen and oxygen atoms in total. The lowest BCUT2D eigenvalue weighted by molar-refractivity contribution is 0.620. The lowest BCUT2D eigenvalue weighted by Gasteiger charge is -2.19. The Bertz CT molecular complexity index is 633. The van der Waals surface area contributed by atoms with Crippen LogP contribution < -0.4 is 10.6 Å². The Morgan fingerprint density at radius 2 is 2.16 bits per heavy atom. The van der Waals surface area contributed by atoms with Gasteiger partial charge >= 0.3 is 0 Å². The summed E-state index contributed by atoms with van der Waals surface area (Å²) < 4.78 is 14.5. The molecule has 1 heterocycles. The van der Waals surface area contributed by atoms with E-state index in [1.54, 1.807) is 24.2 Å². The maximum absolute atomic E-state index is 13.9. The molecule has 1 aromatic carbocycles. The van der Waals surface area contributed by atoms with Crippen LogP contribution in [0.25, 0.3) is 0 Å². The summed E-state index contributed by atoms with van der Waals surface area (Å²) in [6.45, 7) is 0. The molecule has 2 aromatic rings. The van der Waals surface area contributed by atoms with E-state index in [2.05, 4.69) is 20.9 Å². The topological polar surface area (TPSA) is 42.1 Å². The van der Waals surface area contributed by atoms with Crippen molar-refractivity contribution >= 4 is 44.6 Å². The number of nitrogens with two attached hydrogens (primary N) is 1. The zero-order chi connectivity index (χ0) is 14.0. The molecule has 19 heavy (non-hydrogen) atoms. The minimum Gasteiger partial charge on any atom is -0.389 e. The lowest BCUT2D eigenvalue weighted by Crippen LogP contribution is -2.15. The Hall–Kier alpha value is -1.53. The number of nitrogens with zero attached hydrogens (tertiary/aromatic N) is 2. The third-order valence-corrected chi connectivity index (χ3v) is 3.29. The molecule has 0 fully saturated rings. The van der Waals surface area contributed by atoms with E-state index < -0.39 is 5.82 Å². The van der Waals surface area contributed by atoms with Gasteiger partial charge in [-0.15, -0.1) is 0 Å². The number of thiocarbonyl (C=S) groups is 1. The van der Waals surface area contributed by atoms with E-state index in [4.69, 9.17) is 18.0 Å². The fraction of sp³-hybridized carbons (Fsp3) is 0.0769. The van der Waals surface area contributed by atoms with Crippen LogP contribution >= 0.6 is 28.1 Å². The Labute approximate surface area is 124 Å². The molecule has 0 unspecified atom stereocenters. The van der Waals surface area contributed by atoms with Crippen molar-refractivity contribution in [2.75, 3.05) is 11.9 Å².